The van der Waals surface area contributed by atoms with Crippen molar-refractivity contribution >= 4 is 37.5 Å². The zero-order chi connectivity index (χ0) is 26.3. The second kappa shape index (κ2) is 11.8. The number of piperidine rings is 1. The summed E-state index contributed by atoms with van der Waals surface area (Å²) in [5.74, 6) is -0.520. The van der Waals surface area contributed by atoms with Crippen molar-refractivity contribution in [1.82, 2.24) is 9.29 Å². The van der Waals surface area contributed by atoms with Crippen molar-refractivity contribution in [3.05, 3.63) is 84.6 Å². The predicted octanol–water partition coefficient (Wildman–Crippen LogP) is 3.50. The van der Waals surface area contributed by atoms with Crippen molar-refractivity contribution in [2.75, 3.05) is 28.9 Å². The lowest BCUT2D eigenvalue weighted by Crippen LogP contribution is -2.44. The normalized spacial score (nSPS) is 16.7. The molecule has 2 N–H and O–H groups in total. The van der Waals surface area contributed by atoms with Crippen LogP contribution in [-0.4, -0.2) is 50.9 Å². The molecule has 2 heterocycles. The number of carbonyl (C=O) groups excluding carboxylic acids is 1. The van der Waals surface area contributed by atoms with Gasteiger partial charge in [0.05, 0.1) is 16.6 Å². The van der Waals surface area contributed by atoms with Gasteiger partial charge in [-0.3, -0.25) is 9.52 Å². The molecule has 3 aromatic rings. The summed E-state index contributed by atoms with van der Waals surface area (Å²) in [6, 6.07) is 20.5. The van der Waals surface area contributed by atoms with Crippen LogP contribution >= 0.6 is 0 Å². The molecule has 0 saturated carbocycles. The fraction of sp³-hybridized carbons (Fsp3) is 0.308. The summed E-state index contributed by atoms with van der Waals surface area (Å²) in [5.41, 5.74) is 1.53. The van der Waals surface area contributed by atoms with E-state index in [1.54, 1.807) is 18.2 Å². The van der Waals surface area contributed by atoms with Crippen molar-refractivity contribution in [3.63, 3.8) is 0 Å². The van der Waals surface area contributed by atoms with Gasteiger partial charge in [0.15, 0.2) is 0 Å². The summed E-state index contributed by atoms with van der Waals surface area (Å²) >= 11 is 0. The number of aromatic nitrogens is 1. The maximum Gasteiger partial charge on any atom is 0.263 e. The Balaban J connectivity index is 1.31. The number of benzene rings is 2. The van der Waals surface area contributed by atoms with Crippen LogP contribution in [0.25, 0.3) is 0 Å². The molecule has 1 amide bonds. The summed E-state index contributed by atoms with van der Waals surface area (Å²) in [5, 5.41) is 2.79. The van der Waals surface area contributed by atoms with E-state index in [4.69, 9.17) is 0 Å². The fourth-order valence-electron chi connectivity index (χ4n) is 4.22. The highest BCUT2D eigenvalue weighted by molar-refractivity contribution is 7.92. The number of sulfonamides is 2. The monoisotopic (exact) mass is 542 g/mol. The molecule has 1 aromatic heterocycles. The Bertz CT molecular complexity index is 1400. The van der Waals surface area contributed by atoms with E-state index in [1.165, 1.54) is 34.8 Å². The largest absolute Gasteiger partial charge is 0.326 e. The second-order valence-corrected chi connectivity index (χ2v) is 12.7. The number of hydrogen-bond acceptors (Lipinski definition) is 6. The minimum Gasteiger partial charge on any atom is -0.326 e. The van der Waals surface area contributed by atoms with Crippen LogP contribution in [0.2, 0.25) is 0 Å². The van der Waals surface area contributed by atoms with E-state index in [2.05, 4.69) is 15.0 Å². The number of rotatable bonds is 10. The van der Waals surface area contributed by atoms with Crippen LogP contribution in [0.3, 0.4) is 0 Å². The highest BCUT2D eigenvalue weighted by atomic mass is 32.2. The van der Waals surface area contributed by atoms with E-state index in [9.17, 15) is 21.6 Å². The lowest BCUT2D eigenvalue weighted by Gasteiger charge is -2.31. The smallest absolute Gasteiger partial charge is 0.263 e. The molecule has 1 fully saturated rings. The molecular formula is C26H30N4O5S2. The molecule has 0 bridgehead atoms. The Kier molecular flexibility index (Phi) is 8.57. The van der Waals surface area contributed by atoms with E-state index in [0.717, 1.165) is 5.56 Å². The topological polar surface area (TPSA) is 126 Å². The molecule has 2 aromatic carbocycles. The van der Waals surface area contributed by atoms with Gasteiger partial charge in [0, 0.05) is 25.0 Å². The predicted molar refractivity (Wildman–Crippen MR) is 143 cm³/mol. The van der Waals surface area contributed by atoms with Gasteiger partial charge >= 0.3 is 0 Å². The van der Waals surface area contributed by atoms with E-state index >= 15 is 0 Å². The maximum absolute atomic E-state index is 12.9. The van der Waals surface area contributed by atoms with Crippen LogP contribution in [0.1, 0.15) is 24.8 Å². The molecule has 37 heavy (non-hydrogen) atoms. The van der Waals surface area contributed by atoms with Crippen LogP contribution in [0.15, 0.2) is 83.9 Å². The Hall–Kier alpha value is -3.28. The van der Waals surface area contributed by atoms with Gasteiger partial charge in [0.25, 0.3) is 10.0 Å². The van der Waals surface area contributed by atoms with Gasteiger partial charge in [-0.15, -0.1) is 0 Å². The molecule has 0 radical (unpaired) electrons. The Labute approximate surface area is 218 Å². The van der Waals surface area contributed by atoms with Crippen LogP contribution in [0.4, 0.5) is 11.5 Å². The molecular weight excluding hydrogens is 512 g/mol. The lowest BCUT2D eigenvalue weighted by atomic mass is 9.99. The number of aryl methyl sites for hydroxylation is 1. The highest BCUT2D eigenvalue weighted by Crippen LogP contribution is 2.23. The second-order valence-electron chi connectivity index (χ2n) is 8.94. The number of pyridine rings is 1. The number of carbonyl (C=O) groups is 1. The SMILES string of the molecule is O=C(Nc1ccc(S(=O)(=O)Nc2ccccn2)cc1)[C@@H]1CCCN(S(=O)(=O)CCCc2ccccc2)C1. The first-order valence-corrected chi connectivity index (χ1v) is 15.2. The molecule has 4 rings (SSSR count). The summed E-state index contributed by atoms with van der Waals surface area (Å²) < 4.78 is 54.7. The molecule has 0 spiro atoms. The molecule has 9 nitrogen and oxygen atoms in total. The first kappa shape index (κ1) is 26.8. The van der Waals surface area contributed by atoms with Gasteiger partial charge in [0.1, 0.15) is 5.82 Å². The first-order chi connectivity index (χ1) is 17.7. The lowest BCUT2D eigenvalue weighted by molar-refractivity contribution is -0.120. The van der Waals surface area contributed by atoms with Crippen LogP contribution < -0.4 is 10.0 Å². The van der Waals surface area contributed by atoms with Crippen molar-refractivity contribution in [2.24, 2.45) is 5.92 Å². The zero-order valence-corrected chi connectivity index (χ0v) is 21.9. The number of anilines is 2. The average molecular weight is 543 g/mol. The third-order valence-corrected chi connectivity index (χ3v) is 9.49. The van der Waals surface area contributed by atoms with Gasteiger partial charge in [-0.05, 0) is 67.6 Å². The van der Waals surface area contributed by atoms with Crippen LogP contribution in [-0.2, 0) is 31.3 Å². The third kappa shape index (κ3) is 7.37. The maximum atomic E-state index is 12.9. The molecule has 1 aliphatic rings. The quantitative estimate of drug-likeness (QED) is 0.404. The zero-order valence-electron chi connectivity index (χ0n) is 20.3. The van der Waals surface area contributed by atoms with Gasteiger partial charge in [-0.25, -0.2) is 26.1 Å². The third-order valence-electron chi connectivity index (χ3n) is 6.19. The Morgan fingerprint density at radius 1 is 0.946 bits per heavy atom. The first-order valence-electron chi connectivity index (χ1n) is 12.1. The Morgan fingerprint density at radius 3 is 2.38 bits per heavy atom. The molecule has 0 unspecified atom stereocenters. The highest BCUT2D eigenvalue weighted by Gasteiger charge is 2.32. The Morgan fingerprint density at radius 2 is 1.68 bits per heavy atom. The molecule has 0 aliphatic carbocycles. The minimum absolute atomic E-state index is 0.0292. The van der Waals surface area contributed by atoms with Gasteiger partial charge in [0.2, 0.25) is 15.9 Å². The average Bonchev–Trinajstić information content (AvgIpc) is 2.90. The number of nitrogens with one attached hydrogen (secondary N) is 2. The van der Waals surface area contributed by atoms with Crippen molar-refractivity contribution in [1.29, 1.82) is 0 Å². The van der Waals surface area contributed by atoms with E-state index < -0.39 is 26.0 Å². The molecule has 1 saturated heterocycles. The van der Waals surface area contributed by atoms with Crippen LogP contribution in [0, 0.1) is 5.92 Å². The van der Waals surface area contributed by atoms with Crippen molar-refractivity contribution in [3.8, 4) is 0 Å². The summed E-state index contributed by atoms with van der Waals surface area (Å²) in [7, 11) is -7.29. The van der Waals surface area contributed by atoms with Crippen LogP contribution in [0.5, 0.6) is 0 Å². The molecule has 196 valence electrons. The molecule has 1 atom stereocenters. The van der Waals surface area contributed by atoms with E-state index in [-0.39, 0.29) is 28.9 Å². The standard InChI is InChI=1S/C26H30N4O5S2/c31-26(28-23-13-15-24(16-14-23)37(34,35)29-25-12-4-5-17-27-25)22-11-6-18-30(20-22)36(32,33)19-7-10-21-8-2-1-3-9-21/h1-5,8-9,12-17,22H,6-7,10-11,18-20H2,(H,27,29)(H,28,31)/t22-/m1/s1. The van der Waals surface area contributed by atoms with Crippen molar-refractivity contribution < 1.29 is 21.6 Å². The van der Waals surface area contributed by atoms with Gasteiger partial charge in [-0.1, -0.05) is 36.4 Å². The minimum atomic E-state index is -3.83. The van der Waals surface area contributed by atoms with E-state index in [1.807, 2.05) is 30.3 Å². The van der Waals surface area contributed by atoms with Gasteiger partial charge < -0.3 is 5.32 Å². The number of amides is 1. The summed E-state index contributed by atoms with van der Waals surface area (Å²) in [6.07, 6.45) is 3.87. The number of nitrogens with zero attached hydrogens (tertiary/aromatic N) is 2. The summed E-state index contributed by atoms with van der Waals surface area (Å²) in [4.78, 5) is 16.9. The van der Waals surface area contributed by atoms with Crippen molar-refractivity contribution in [2.45, 2.75) is 30.6 Å². The number of hydrogen-bond donors (Lipinski definition) is 2. The molecule has 1 aliphatic heterocycles. The fourth-order valence-corrected chi connectivity index (χ4v) is 6.81. The van der Waals surface area contributed by atoms with Gasteiger partial charge in [-0.2, -0.15) is 0 Å². The molecule has 11 heteroatoms. The van der Waals surface area contributed by atoms with E-state index in [0.29, 0.717) is 37.9 Å². The summed E-state index contributed by atoms with van der Waals surface area (Å²) in [6.45, 7) is 0.549.